The molecule has 3 heteroatoms. The summed E-state index contributed by atoms with van der Waals surface area (Å²) < 4.78 is 15.9. The summed E-state index contributed by atoms with van der Waals surface area (Å²) in [5, 5.41) is 0. The molecule has 0 bridgehead atoms. The molecule has 70 valence electrons. The number of fused-ring (bicyclic) bond motifs is 1. The van der Waals surface area contributed by atoms with Gasteiger partial charge in [-0.05, 0) is 31.5 Å². The zero-order valence-corrected chi connectivity index (χ0v) is 7.74. The Morgan fingerprint density at radius 1 is 1.31 bits per heavy atom. The third-order valence-electron chi connectivity index (χ3n) is 1.85. The normalized spacial score (nSPS) is 19.1. The first-order valence-electron chi connectivity index (χ1n) is 4.35. The molecule has 2 rings (SSSR count). The molecule has 13 heavy (non-hydrogen) atoms. The van der Waals surface area contributed by atoms with Crippen LogP contribution in [0.25, 0.3) is 0 Å². The van der Waals surface area contributed by atoms with Crippen molar-refractivity contribution in [3.8, 4) is 11.5 Å². The van der Waals surface area contributed by atoms with Crippen LogP contribution in [0.1, 0.15) is 12.5 Å². The molecule has 1 aromatic rings. The van der Waals surface area contributed by atoms with Gasteiger partial charge in [-0.3, -0.25) is 0 Å². The minimum Gasteiger partial charge on any atom is -0.428 e. The number of hydrogen-bond acceptors (Lipinski definition) is 3. The first-order valence-corrected chi connectivity index (χ1v) is 4.35. The molecule has 0 saturated carbocycles. The van der Waals surface area contributed by atoms with Crippen LogP contribution >= 0.6 is 0 Å². The van der Waals surface area contributed by atoms with E-state index >= 15 is 0 Å². The average Bonchev–Trinajstić information content (AvgIpc) is 2.46. The molecule has 1 heterocycles. The van der Waals surface area contributed by atoms with Crippen LogP contribution in [0, 0.1) is 6.92 Å². The second kappa shape index (κ2) is 3.26. The minimum atomic E-state index is -0.568. The Bertz CT molecular complexity index is 309. The molecule has 0 amide bonds. The molecule has 0 radical (unpaired) electrons. The van der Waals surface area contributed by atoms with Crippen molar-refractivity contribution < 1.29 is 14.2 Å². The summed E-state index contributed by atoms with van der Waals surface area (Å²) in [6.07, 6.45) is 0. The predicted octanol–water partition coefficient (Wildman–Crippen LogP) is 2.09. The predicted molar refractivity (Wildman–Crippen MR) is 47.8 cm³/mol. The van der Waals surface area contributed by atoms with E-state index in [2.05, 4.69) is 0 Å². The largest absolute Gasteiger partial charge is 0.428 e. The van der Waals surface area contributed by atoms with Gasteiger partial charge in [-0.1, -0.05) is 6.07 Å². The Kier molecular flexibility index (Phi) is 2.10. The average molecular weight is 180 g/mol. The maximum absolute atomic E-state index is 5.38. The lowest BCUT2D eigenvalue weighted by Gasteiger charge is -2.07. The summed E-state index contributed by atoms with van der Waals surface area (Å²) >= 11 is 0. The van der Waals surface area contributed by atoms with Crippen molar-refractivity contribution >= 4 is 0 Å². The van der Waals surface area contributed by atoms with Crippen molar-refractivity contribution in [1.29, 1.82) is 0 Å². The number of rotatable bonds is 2. The van der Waals surface area contributed by atoms with Crippen molar-refractivity contribution in [2.45, 2.75) is 20.3 Å². The van der Waals surface area contributed by atoms with E-state index in [0.717, 1.165) is 17.1 Å². The van der Waals surface area contributed by atoms with E-state index in [1.807, 2.05) is 32.0 Å². The summed E-state index contributed by atoms with van der Waals surface area (Å²) in [5.74, 6) is 1.52. The molecular formula is C10H12O3. The summed E-state index contributed by atoms with van der Waals surface area (Å²) in [6, 6.07) is 5.81. The smallest absolute Gasteiger partial charge is 0.361 e. The zero-order valence-electron chi connectivity index (χ0n) is 7.74. The molecule has 0 N–H and O–H groups in total. The number of ether oxygens (including phenoxy) is 3. The van der Waals surface area contributed by atoms with Crippen molar-refractivity contribution in [1.82, 2.24) is 0 Å². The second-order valence-electron chi connectivity index (χ2n) is 2.93. The minimum absolute atomic E-state index is 0.568. The molecule has 1 aliphatic heterocycles. The molecule has 3 nitrogen and oxygen atoms in total. The van der Waals surface area contributed by atoms with Crippen LogP contribution in [-0.4, -0.2) is 13.1 Å². The molecule has 1 aromatic carbocycles. The van der Waals surface area contributed by atoms with Crippen molar-refractivity contribution in [3.63, 3.8) is 0 Å². The van der Waals surface area contributed by atoms with Gasteiger partial charge in [0.15, 0.2) is 11.5 Å². The van der Waals surface area contributed by atoms with Crippen LogP contribution in [-0.2, 0) is 4.74 Å². The molecule has 0 spiro atoms. The van der Waals surface area contributed by atoms with Crippen LogP contribution in [0.4, 0.5) is 0 Å². The highest BCUT2D eigenvalue weighted by molar-refractivity contribution is 5.44. The fourth-order valence-corrected chi connectivity index (χ4v) is 1.24. The molecule has 1 atom stereocenters. The van der Waals surface area contributed by atoms with Gasteiger partial charge in [0.2, 0.25) is 0 Å². The van der Waals surface area contributed by atoms with Crippen LogP contribution < -0.4 is 9.47 Å². The lowest BCUT2D eigenvalue weighted by molar-refractivity contribution is -0.173. The fourth-order valence-electron chi connectivity index (χ4n) is 1.24. The van der Waals surface area contributed by atoms with Crippen LogP contribution in [0.15, 0.2) is 18.2 Å². The third-order valence-corrected chi connectivity index (χ3v) is 1.85. The van der Waals surface area contributed by atoms with Gasteiger partial charge >= 0.3 is 6.48 Å². The number of aryl methyl sites for hydroxylation is 1. The van der Waals surface area contributed by atoms with E-state index in [1.54, 1.807) is 0 Å². The summed E-state index contributed by atoms with van der Waals surface area (Å²) in [7, 11) is 0. The van der Waals surface area contributed by atoms with Crippen molar-refractivity contribution in [2.75, 3.05) is 6.61 Å². The molecule has 0 saturated heterocycles. The Labute approximate surface area is 77.2 Å². The fraction of sp³-hybridized carbons (Fsp3) is 0.400. The molecule has 0 aliphatic carbocycles. The van der Waals surface area contributed by atoms with E-state index in [0.29, 0.717) is 6.61 Å². The van der Waals surface area contributed by atoms with E-state index in [9.17, 15) is 0 Å². The topological polar surface area (TPSA) is 27.7 Å². The maximum Gasteiger partial charge on any atom is 0.361 e. The number of hydrogen-bond donors (Lipinski definition) is 0. The highest BCUT2D eigenvalue weighted by atomic mass is 16.9. The Morgan fingerprint density at radius 2 is 2.08 bits per heavy atom. The third kappa shape index (κ3) is 1.60. The summed E-state index contributed by atoms with van der Waals surface area (Å²) in [6.45, 7) is 3.93. The van der Waals surface area contributed by atoms with E-state index in [4.69, 9.17) is 14.2 Å². The van der Waals surface area contributed by atoms with E-state index in [-0.39, 0.29) is 0 Å². The van der Waals surface area contributed by atoms with Gasteiger partial charge in [0, 0.05) is 0 Å². The lowest BCUT2D eigenvalue weighted by atomic mass is 10.2. The molecule has 0 aromatic heterocycles. The van der Waals surface area contributed by atoms with Crippen LogP contribution in [0.5, 0.6) is 11.5 Å². The van der Waals surface area contributed by atoms with Gasteiger partial charge in [-0.25, -0.2) is 0 Å². The first-order chi connectivity index (χ1) is 6.29. The first kappa shape index (κ1) is 8.38. The van der Waals surface area contributed by atoms with Gasteiger partial charge in [-0.15, -0.1) is 0 Å². The SMILES string of the molecule is CCOC1Oc2ccc(C)cc2O1. The molecule has 1 unspecified atom stereocenters. The zero-order chi connectivity index (χ0) is 9.26. The quantitative estimate of drug-likeness (QED) is 0.697. The van der Waals surface area contributed by atoms with E-state index in [1.165, 1.54) is 0 Å². The van der Waals surface area contributed by atoms with Crippen molar-refractivity contribution in [2.24, 2.45) is 0 Å². The van der Waals surface area contributed by atoms with Gasteiger partial charge in [0.05, 0.1) is 6.61 Å². The molecule has 0 fully saturated rings. The van der Waals surface area contributed by atoms with Gasteiger partial charge in [0.25, 0.3) is 0 Å². The van der Waals surface area contributed by atoms with Gasteiger partial charge in [-0.2, -0.15) is 0 Å². The summed E-state index contributed by atoms with van der Waals surface area (Å²) in [4.78, 5) is 0. The monoisotopic (exact) mass is 180 g/mol. The van der Waals surface area contributed by atoms with Crippen LogP contribution in [0.2, 0.25) is 0 Å². The standard InChI is InChI=1S/C10H12O3/c1-3-11-10-12-8-5-4-7(2)6-9(8)13-10/h4-6,10H,3H2,1-2H3. The highest BCUT2D eigenvalue weighted by Gasteiger charge is 2.23. The second-order valence-corrected chi connectivity index (χ2v) is 2.93. The summed E-state index contributed by atoms with van der Waals surface area (Å²) in [5.41, 5.74) is 1.15. The van der Waals surface area contributed by atoms with Gasteiger partial charge in [0.1, 0.15) is 0 Å². The maximum atomic E-state index is 5.38. The van der Waals surface area contributed by atoms with Crippen molar-refractivity contribution in [3.05, 3.63) is 23.8 Å². The van der Waals surface area contributed by atoms with E-state index < -0.39 is 6.48 Å². The lowest BCUT2D eigenvalue weighted by Crippen LogP contribution is -2.21. The van der Waals surface area contributed by atoms with Gasteiger partial charge < -0.3 is 14.2 Å². The number of benzene rings is 1. The Morgan fingerprint density at radius 3 is 2.85 bits per heavy atom. The highest BCUT2D eigenvalue weighted by Crippen LogP contribution is 2.35. The Hall–Kier alpha value is -1.22. The van der Waals surface area contributed by atoms with Crippen LogP contribution in [0.3, 0.4) is 0 Å². The Balaban J connectivity index is 2.16. The molecular weight excluding hydrogens is 168 g/mol. The molecule has 1 aliphatic rings.